The maximum absolute atomic E-state index is 2.73. The molecule has 0 aromatic heterocycles. The van der Waals surface area contributed by atoms with Gasteiger partial charge in [0.05, 0.1) is 18.1 Å². The topological polar surface area (TPSA) is 13.0 Å². The minimum atomic E-state index is 0.244. The lowest BCUT2D eigenvalue weighted by atomic mass is 9.81. The number of allylic oxidation sites excluding steroid dienone is 12. The summed E-state index contributed by atoms with van der Waals surface area (Å²) in [5.74, 6) is 2.37. The number of para-hydroxylation sites is 3. The van der Waals surface area contributed by atoms with Gasteiger partial charge in [0.1, 0.15) is 0 Å². The van der Waals surface area contributed by atoms with Crippen LogP contribution in [-0.4, -0.2) is 23.0 Å². The van der Waals surface area contributed by atoms with Crippen molar-refractivity contribution in [3.05, 3.63) is 222 Å². The van der Waals surface area contributed by atoms with E-state index in [9.17, 15) is 0 Å². The van der Waals surface area contributed by atoms with Crippen molar-refractivity contribution in [2.45, 2.75) is 89.3 Å². The fourth-order valence-corrected chi connectivity index (χ4v) is 12.5. The number of benzene rings is 4. The average molecular weight is 837 g/mol. The zero-order chi connectivity index (χ0) is 42.6. The lowest BCUT2D eigenvalue weighted by Gasteiger charge is -2.40. The third-order valence-electron chi connectivity index (χ3n) is 15.6. The Morgan fingerprint density at radius 1 is 0.609 bits per heavy atom. The van der Waals surface area contributed by atoms with Gasteiger partial charge in [0.2, 0.25) is 0 Å². The Bertz CT molecular complexity index is 2670. The van der Waals surface area contributed by atoms with Crippen molar-refractivity contribution in [3.8, 4) is 0 Å². The molecule has 4 aromatic carbocycles. The van der Waals surface area contributed by atoms with E-state index < -0.39 is 0 Å². The molecule has 64 heavy (non-hydrogen) atoms. The smallest absolute Gasteiger partial charge is 0.0576 e. The van der Waals surface area contributed by atoms with E-state index in [4.69, 9.17) is 0 Å². The molecule has 320 valence electrons. The first-order chi connectivity index (χ1) is 31.7. The van der Waals surface area contributed by atoms with Crippen molar-refractivity contribution in [1.82, 2.24) is 4.90 Å². The van der Waals surface area contributed by atoms with Crippen LogP contribution in [0.1, 0.15) is 76.7 Å². The summed E-state index contributed by atoms with van der Waals surface area (Å²) in [6.45, 7) is 2.41. The van der Waals surface area contributed by atoms with Gasteiger partial charge in [-0.25, -0.2) is 0 Å². The molecule has 0 saturated carbocycles. The summed E-state index contributed by atoms with van der Waals surface area (Å²) in [4.78, 5) is 10.6. The maximum Gasteiger partial charge on any atom is 0.0576 e. The van der Waals surface area contributed by atoms with E-state index in [2.05, 4.69) is 209 Å². The quantitative estimate of drug-likeness (QED) is 0.166. The van der Waals surface area contributed by atoms with Crippen LogP contribution in [-0.2, 0) is 0 Å². The average Bonchev–Trinajstić information content (AvgIpc) is 4.05. The van der Waals surface area contributed by atoms with E-state index in [1.807, 2.05) is 0 Å². The van der Waals surface area contributed by atoms with E-state index >= 15 is 0 Å². The number of fused-ring (bicyclic) bond motifs is 5. The maximum atomic E-state index is 2.73. The van der Waals surface area contributed by atoms with Crippen molar-refractivity contribution in [3.63, 3.8) is 0 Å². The van der Waals surface area contributed by atoms with Crippen molar-refractivity contribution in [2.75, 3.05) is 14.7 Å². The molecule has 1 fully saturated rings. The molecule has 4 heteroatoms. The monoisotopic (exact) mass is 836 g/mol. The van der Waals surface area contributed by atoms with Gasteiger partial charge >= 0.3 is 0 Å². The zero-order valence-electron chi connectivity index (χ0n) is 37.2. The van der Waals surface area contributed by atoms with Crippen LogP contribution in [0.2, 0.25) is 0 Å². The van der Waals surface area contributed by atoms with E-state index in [0.717, 1.165) is 38.0 Å². The van der Waals surface area contributed by atoms with Gasteiger partial charge in [0, 0.05) is 63.1 Å². The number of hydrogen-bond acceptors (Lipinski definition) is 4. The number of nitrogens with zero attached hydrogens (tertiary/aromatic N) is 4. The molecular formula is C60H60N4. The fourth-order valence-electron chi connectivity index (χ4n) is 12.5. The SMILES string of the molecule is CC1CC=C(N2C3=CC(N(c4ccccc4)c4ccc(C5=CCC(N(C6=CC7C(CC6)C6C=CC=C6N7c6ccccc6)c6ccccc6)C=C5)cc4)CCC3C3=C2CCC=C3)CC1. The summed E-state index contributed by atoms with van der Waals surface area (Å²) >= 11 is 0. The minimum absolute atomic E-state index is 0.244. The highest BCUT2D eigenvalue weighted by Gasteiger charge is 2.47. The van der Waals surface area contributed by atoms with Crippen molar-refractivity contribution < 1.29 is 0 Å². The van der Waals surface area contributed by atoms with Crippen LogP contribution in [0.15, 0.2) is 216 Å². The minimum Gasteiger partial charge on any atom is -0.338 e. The molecule has 7 unspecified atom stereocenters. The lowest BCUT2D eigenvalue weighted by molar-refractivity contribution is 0.397. The van der Waals surface area contributed by atoms with Gasteiger partial charge in [-0.2, -0.15) is 0 Å². The molecule has 6 aliphatic carbocycles. The van der Waals surface area contributed by atoms with Gasteiger partial charge in [-0.3, -0.25) is 0 Å². The van der Waals surface area contributed by atoms with Gasteiger partial charge in [-0.15, -0.1) is 0 Å². The van der Waals surface area contributed by atoms with Crippen molar-refractivity contribution in [1.29, 1.82) is 0 Å². The number of rotatable bonds is 9. The van der Waals surface area contributed by atoms with Crippen molar-refractivity contribution >= 4 is 28.3 Å². The third-order valence-corrected chi connectivity index (χ3v) is 15.6. The van der Waals surface area contributed by atoms with Gasteiger partial charge < -0.3 is 19.6 Å². The van der Waals surface area contributed by atoms with Crippen LogP contribution in [0.3, 0.4) is 0 Å². The molecule has 0 amide bonds. The molecule has 4 nitrogen and oxygen atoms in total. The Kier molecular flexibility index (Phi) is 10.3. The van der Waals surface area contributed by atoms with Crippen LogP contribution in [0.5, 0.6) is 0 Å². The highest BCUT2D eigenvalue weighted by molar-refractivity contribution is 5.78. The predicted molar refractivity (Wildman–Crippen MR) is 267 cm³/mol. The first kappa shape index (κ1) is 39.3. The summed E-state index contributed by atoms with van der Waals surface area (Å²) < 4.78 is 0. The summed E-state index contributed by atoms with van der Waals surface area (Å²) in [5.41, 5.74) is 16.8. The second-order valence-electron chi connectivity index (χ2n) is 19.4. The fraction of sp³-hybridized carbons (Fsp3) is 0.300. The largest absolute Gasteiger partial charge is 0.338 e. The highest BCUT2D eigenvalue weighted by Crippen LogP contribution is 2.52. The summed E-state index contributed by atoms with van der Waals surface area (Å²) in [7, 11) is 0. The normalized spacial score (nSPS) is 27.8. The van der Waals surface area contributed by atoms with Gasteiger partial charge in [-0.1, -0.05) is 122 Å². The van der Waals surface area contributed by atoms with E-state index in [1.54, 1.807) is 17.0 Å². The van der Waals surface area contributed by atoms with Gasteiger partial charge in [0.25, 0.3) is 0 Å². The molecule has 2 aliphatic heterocycles. The molecule has 12 rings (SSSR count). The summed E-state index contributed by atoms with van der Waals surface area (Å²) in [6, 6.07) is 43.6. The van der Waals surface area contributed by atoms with E-state index in [1.165, 1.54) is 83.1 Å². The highest BCUT2D eigenvalue weighted by atomic mass is 15.2. The van der Waals surface area contributed by atoms with Crippen LogP contribution >= 0.6 is 0 Å². The Morgan fingerprint density at radius 2 is 1.36 bits per heavy atom. The van der Waals surface area contributed by atoms with Crippen LogP contribution in [0.4, 0.5) is 22.7 Å². The standard InChI is InChI=1S/C60H60N4/c1-42-24-30-50(31-25-42)64-57-22-12-11-20-53(57)55-38-36-52(41-60(55)64)62(46-16-7-3-8-17-46)49-34-28-44(29-35-49)43-26-32-48(33-27-43)61(45-14-5-2-6-15-45)51-37-39-56-54-21-13-23-58(54)63(59(56)40-51)47-18-9-4-10-19-47/h2-11,13-21,23,26-30,32,34-35,40-42,48,52,54-56,59H,12,22,24-25,31,33,36-39H2,1H3. The second kappa shape index (κ2) is 16.7. The molecule has 0 spiro atoms. The molecule has 0 radical (unpaired) electrons. The van der Waals surface area contributed by atoms with Crippen LogP contribution in [0.25, 0.3) is 5.57 Å². The molecule has 4 aromatic rings. The Hall–Kier alpha value is -6.26. The summed E-state index contributed by atoms with van der Waals surface area (Å²) in [5, 5.41) is 0. The zero-order valence-corrected chi connectivity index (χ0v) is 37.2. The Labute approximate surface area is 381 Å². The van der Waals surface area contributed by atoms with Crippen molar-refractivity contribution in [2.24, 2.45) is 23.7 Å². The molecule has 0 N–H and O–H groups in total. The lowest BCUT2D eigenvalue weighted by Crippen LogP contribution is -2.39. The molecule has 8 aliphatic rings. The molecular weight excluding hydrogens is 777 g/mol. The van der Waals surface area contributed by atoms with Gasteiger partial charge in [-0.05, 0) is 160 Å². The summed E-state index contributed by atoms with van der Waals surface area (Å²) in [6.07, 6.45) is 38.6. The van der Waals surface area contributed by atoms with Crippen LogP contribution in [0, 0.1) is 23.7 Å². The Morgan fingerprint density at radius 3 is 2.09 bits per heavy atom. The van der Waals surface area contributed by atoms with Gasteiger partial charge in [0.15, 0.2) is 0 Å². The van der Waals surface area contributed by atoms with E-state index in [-0.39, 0.29) is 12.1 Å². The molecule has 0 bridgehead atoms. The molecule has 2 heterocycles. The molecule has 1 saturated heterocycles. The second-order valence-corrected chi connectivity index (χ2v) is 19.4. The Balaban J connectivity index is 0.820. The first-order valence-corrected chi connectivity index (χ1v) is 24.4. The number of anilines is 4. The first-order valence-electron chi connectivity index (χ1n) is 24.4. The third kappa shape index (κ3) is 6.98. The molecule has 7 atom stereocenters. The predicted octanol–water partition coefficient (Wildman–Crippen LogP) is 14.6. The number of hydrogen-bond donors (Lipinski definition) is 0. The van der Waals surface area contributed by atoms with E-state index in [0.29, 0.717) is 23.8 Å². The van der Waals surface area contributed by atoms with Crippen LogP contribution < -0.4 is 14.7 Å².